The first kappa shape index (κ1) is 28.4. The topological polar surface area (TPSA) is 89.8 Å². The number of unbranched alkanes of at least 4 members (excludes halogenated alkanes) is 12. The minimum absolute atomic E-state index is 0.106. The van der Waals surface area contributed by atoms with Gasteiger partial charge in [0.2, 0.25) is 5.91 Å². The molecule has 0 fully saturated rings. The van der Waals surface area contributed by atoms with Gasteiger partial charge in [0.05, 0.1) is 19.8 Å². The second-order valence-electron chi connectivity index (χ2n) is 8.76. The SMILES string of the molecule is CCCCCCCCCC(CCCCCCCCC)C(=O)NC(CO)(CO)CO. The van der Waals surface area contributed by atoms with Crippen molar-refractivity contribution in [2.45, 2.75) is 122 Å². The smallest absolute Gasteiger partial charge is 0.223 e. The van der Waals surface area contributed by atoms with Gasteiger partial charge in [-0.25, -0.2) is 0 Å². The lowest BCUT2D eigenvalue weighted by molar-refractivity contribution is -0.130. The van der Waals surface area contributed by atoms with E-state index >= 15 is 0 Å². The van der Waals surface area contributed by atoms with Crippen molar-refractivity contribution in [2.24, 2.45) is 5.92 Å². The highest BCUT2D eigenvalue weighted by atomic mass is 16.3. The van der Waals surface area contributed by atoms with Gasteiger partial charge < -0.3 is 20.6 Å². The summed E-state index contributed by atoms with van der Waals surface area (Å²) in [5.74, 6) is -0.246. The maximum Gasteiger partial charge on any atom is 0.223 e. The van der Waals surface area contributed by atoms with E-state index in [4.69, 9.17) is 0 Å². The molecule has 0 bridgehead atoms. The molecule has 0 radical (unpaired) electrons. The molecular weight excluding hydrogens is 366 g/mol. The molecule has 0 aromatic heterocycles. The first-order valence-corrected chi connectivity index (χ1v) is 12.2. The molecule has 0 rings (SSSR count). The van der Waals surface area contributed by atoms with Crippen LogP contribution < -0.4 is 5.32 Å². The van der Waals surface area contributed by atoms with Gasteiger partial charge in [0.25, 0.3) is 0 Å². The van der Waals surface area contributed by atoms with E-state index in [-0.39, 0.29) is 11.8 Å². The van der Waals surface area contributed by atoms with Crippen LogP contribution >= 0.6 is 0 Å². The molecule has 0 spiro atoms. The highest BCUT2D eigenvalue weighted by molar-refractivity contribution is 5.79. The third kappa shape index (κ3) is 14.1. The van der Waals surface area contributed by atoms with Crippen molar-refractivity contribution in [1.29, 1.82) is 0 Å². The molecule has 0 atom stereocenters. The molecule has 0 aromatic carbocycles. The second kappa shape index (κ2) is 19.3. The number of carbonyl (C=O) groups is 1. The number of amides is 1. The van der Waals surface area contributed by atoms with Gasteiger partial charge in [-0.2, -0.15) is 0 Å². The van der Waals surface area contributed by atoms with Gasteiger partial charge in [-0.1, -0.05) is 104 Å². The summed E-state index contributed by atoms with van der Waals surface area (Å²) in [5, 5.41) is 31.2. The van der Waals surface area contributed by atoms with E-state index in [1.165, 1.54) is 64.2 Å². The molecule has 5 nitrogen and oxygen atoms in total. The fourth-order valence-electron chi connectivity index (χ4n) is 3.73. The van der Waals surface area contributed by atoms with Gasteiger partial charge in [-0.15, -0.1) is 0 Å². The molecule has 0 saturated carbocycles. The summed E-state index contributed by atoms with van der Waals surface area (Å²) >= 11 is 0. The fourth-order valence-corrected chi connectivity index (χ4v) is 3.73. The second-order valence-corrected chi connectivity index (χ2v) is 8.76. The zero-order chi connectivity index (χ0) is 21.8. The lowest BCUT2D eigenvalue weighted by Crippen LogP contribution is -2.58. The highest BCUT2D eigenvalue weighted by Gasteiger charge is 2.32. The predicted molar refractivity (Wildman–Crippen MR) is 121 cm³/mol. The summed E-state index contributed by atoms with van der Waals surface area (Å²) in [6.07, 6.45) is 18.7. The average molecular weight is 416 g/mol. The van der Waals surface area contributed by atoms with Crippen LogP contribution in [-0.4, -0.2) is 46.6 Å². The van der Waals surface area contributed by atoms with Gasteiger partial charge >= 0.3 is 0 Å². The van der Waals surface area contributed by atoms with E-state index in [1.54, 1.807) is 0 Å². The van der Waals surface area contributed by atoms with Crippen LogP contribution in [0.25, 0.3) is 0 Å². The monoisotopic (exact) mass is 415 g/mol. The lowest BCUT2D eigenvalue weighted by atomic mass is 9.91. The van der Waals surface area contributed by atoms with Gasteiger partial charge in [-0.3, -0.25) is 4.79 Å². The average Bonchev–Trinajstić information content (AvgIpc) is 2.74. The van der Waals surface area contributed by atoms with E-state index in [1.807, 2.05) is 0 Å². The van der Waals surface area contributed by atoms with Gasteiger partial charge in [-0.05, 0) is 12.8 Å². The zero-order valence-electron chi connectivity index (χ0n) is 19.3. The third-order valence-electron chi connectivity index (χ3n) is 5.98. The molecule has 5 heteroatoms. The van der Waals surface area contributed by atoms with Gasteiger partial charge in [0, 0.05) is 5.92 Å². The molecule has 0 aliphatic carbocycles. The number of hydrogen-bond acceptors (Lipinski definition) is 4. The van der Waals surface area contributed by atoms with E-state index < -0.39 is 25.4 Å². The maximum atomic E-state index is 12.8. The maximum absolute atomic E-state index is 12.8. The van der Waals surface area contributed by atoms with Crippen molar-refractivity contribution in [2.75, 3.05) is 19.8 Å². The van der Waals surface area contributed by atoms with Crippen molar-refractivity contribution < 1.29 is 20.1 Å². The van der Waals surface area contributed by atoms with Crippen molar-refractivity contribution in [3.8, 4) is 0 Å². The molecule has 0 heterocycles. The van der Waals surface area contributed by atoms with E-state index in [9.17, 15) is 20.1 Å². The van der Waals surface area contributed by atoms with Gasteiger partial charge in [0.1, 0.15) is 5.54 Å². The van der Waals surface area contributed by atoms with Crippen molar-refractivity contribution in [1.82, 2.24) is 5.32 Å². The first-order chi connectivity index (χ1) is 14.1. The fraction of sp³-hybridized carbons (Fsp3) is 0.958. The Morgan fingerprint density at radius 1 is 0.655 bits per heavy atom. The van der Waals surface area contributed by atoms with Crippen LogP contribution in [0.1, 0.15) is 117 Å². The molecule has 4 N–H and O–H groups in total. The molecular formula is C24H49NO4. The minimum Gasteiger partial charge on any atom is -0.394 e. The molecule has 0 aliphatic rings. The van der Waals surface area contributed by atoms with Crippen LogP contribution in [0.15, 0.2) is 0 Å². The van der Waals surface area contributed by atoms with Crippen LogP contribution in [0.2, 0.25) is 0 Å². The van der Waals surface area contributed by atoms with Crippen molar-refractivity contribution >= 4 is 5.91 Å². The molecule has 174 valence electrons. The summed E-state index contributed by atoms with van der Waals surface area (Å²) < 4.78 is 0. The molecule has 29 heavy (non-hydrogen) atoms. The van der Waals surface area contributed by atoms with Crippen molar-refractivity contribution in [3.63, 3.8) is 0 Å². The Morgan fingerprint density at radius 3 is 1.34 bits per heavy atom. The van der Waals surface area contributed by atoms with E-state index in [0.29, 0.717) is 0 Å². The van der Waals surface area contributed by atoms with E-state index in [2.05, 4.69) is 19.2 Å². The molecule has 0 aliphatic heterocycles. The van der Waals surface area contributed by atoms with Crippen LogP contribution in [0.3, 0.4) is 0 Å². The van der Waals surface area contributed by atoms with Crippen LogP contribution in [0.5, 0.6) is 0 Å². The van der Waals surface area contributed by atoms with E-state index in [0.717, 1.165) is 38.5 Å². The normalized spacial score (nSPS) is 11.9. The predicted octanol–water partition coefficient (Wildman–Crippen LogP) is 4.72. The molecule has 0 aromatic rings. The molecule has 0 unspecified atom stereocenters. The quantitative estimate of drug-likeness (QED) is 0.204. The van der Waals surface area contributed by atoms with Crippen LogP contribution in [-0.2, 0) is 4.79 Å². The Kier molecular flexibility index (Phi) is 18.9. The number of aliphatic hydroxyl groups excluding tert-OH is 3. The lowest BCUT2D eigenvalue weighted by Gasteiger charge is -2.31. The number of nitrogens with one attached hydrogen (secondary N) is 1. The Hall–Kier alpha value is -0.650. The number of hydrogen-bond donors (Lipinski definition) is 4. The summed E-state index contributed by atoms with van der Waals surface area (Å²) in [4.78, 5) is 12.8. The minimum atomic E-state index is -1.32. The largest absolute Gasteiger partial charge is 0.394 e. The first-order valence-electron chi connectivity index (χ1n) is 12.2. The third-order valence-corrected chi connectivity index (χ3v) is 5.98. The summed E-state index contributed by atoms with van der Waals surface area (Å²) in [6.45, 7) is 3.05. The van der Waals surface area contributed by atoms with Crippen molar-refractivity contribution in [3.05, 3.63) is 0 Å². The summed E-state index contributed by atoms with van der Waals surface area (Å²) in [7, 11) is 0. The highest BCUT2D eigenvalue weighted by Crippen LogP contribution is 2.21. The number of rotatable bonds is 21. The molecule has 1 amide bonds. The van der Waals surface area contributed by atoms with Crippen LogP contribution in [0.4, 0.5) is 0 Å². The molecule has 0 saturated heterocycles. The Morgan fingerprint density at radius 2 is 1.00 bits per heavy atom. The summed E-state index contributed by atoms with van der Waals surface area (Å²) in [6, 6.07) is 0. The number of carbonyl (C=O) groups excluding carboxylic acids is 1. The Labute approximate surface area is 179 Å². The zero-order valence-corrected chi connectivity index (χ0v) is 19.3. The Balaban J connectivity index is 4.44. The van der Waals surface area contributed by atoms with Gasteiger partial charge in [0.15, 0.2) is 0 Å². The summed E-state index contributed by atoms with van der Waals surface area (Å²) in [5.41, 5.74) is -1.32. The standard InChI is InChI=1S/C24H49NO4/c1-3-5-7-9-11-13-15-17-22(18-16-14-12-10-8-6-4-2)23(29)25-24(19-26,20-27)21-28/h22,26-28H,3-21H2,1-2H3,(H,25,29). The number of aliphatic hydroxyl groups is 3. The van der Waals surface area contributed by atoms with Crippen LogP contribution in [0, 0.1) is 5.92 Å². The Bertz CT molecular complexity index is 346.